The molecule has 20 heavy (non-hydrogen) atoms. The van der Waals surface area contributed by atoms with Crippen molar-refractivity contribution < 1.29 is 0 Å². The fourth-order valence-electron chi connectivity index (χ4n) is 1.83. The summed E-state index contributed by atoms with van der Waals surface area (Å²) >= 11 is 0. The van der Waals surface area contributed by atoms with Gasteiger partial charge in [0.05, 0.1) is 5.69 Å². The molecule has 0 aliphatic carbocycles. The van der Waals surface area contributed by atoms with Gasteiger partial charge in [0.1, 0.15) is 11.6 Å². The summed E-state index contributed by atoms with van der Waals surface area (Å²) in [6.45, 7) is 9.26. The fourth-order valence-corrected chi connectivity index (χ4v) is 1.83. The van der Waals surface area contributed by atoms with Crippen LogP contribution >= 0.6 is 0 Å². The van der Waals surface area contributed by atoms with E-state index in [0.717, 1.165) is 41.6 Å². The normalized spacial score (nSPS) is 10.8. The molecule has 0 fully saturated rings. The minimum absolute atomic E-state index is 0.301. The van der Waals surface area contributed by atoms with E-state index in [0.29, 0.717) is 5.92 Å². The lowest BCUT2D eigenvalue weighted by Gasteiger charge is -2.11. The number of aryl methyl sites for hydroxylation is 1. The Labute approximate surface area is 120 Å². The lowest BCUT2D eigenvalue weighted by Crippen LogP contribution is -2.07. The van der Waals surface area contributed by atoms with E-state index in [2.05, 4.69) is 47.1 Å². The van der Waals surface area contributed by atoms with Crippen LogP contribution in [0.4, 0.5) is 5.82 Å². The lowest BCUT2D eigenvalue weighted by molar-refractivity contribution is 0.775. The maximum absolute atomic E-state index is 4.65. The van der Waals surface area contributed by atoms with Crippen LogP contribution in [-0.2, 0) is 0 Å². The first-order valence-electron chi connectivity index (χ1n) is 7.16. The second kappa shape index (κ2) is 6.46. The molecule has 0 aliphatic rings. The van der Waals surface area contributed by atoms with Crippen LogP contribution in [0.5, 0.6) is 0 Å². The minimum atomic E-state index is 0.301. The molecule has 2 heterocycles. The topological polar surface area (TPSA) is 50.7 Å². The van der Waals surface area contributed by atoms with Gasteiger partial charge in [0.15, 0.2) is 0 Å². The van der Waals surface area contributed by atoms with Crippen molar-refractivity contribution in [2.45, 2.75) is 40.0 Å². The molecule has 0 atom stereocenters. The van der Waals surface area contributed by atoms with Gasteiger partial charge in [-0.3, -0.25) is 4.98 Å². The number of nitrogens with one attached hydrogen (secondary N) is 1. The highest BCUT2D eigenvalue weighted by Crippen LogP contribution is 2.22. The van der Waals surface area contributed by atoms with E-state index in [-0.39, 0.29) is 0 Å². The molecule has 4 heteroatoms. The molecule has 0 aromatic carbocycles. The van der Waals surface area contributed by atoms with Crippen molar-refractivity contribution in [3.05, 3.63) is 35.9 Å². The van der Waals surface area contributed by atoms with Crippen molar-refractivity contribution in [3.63, 3.8) is 0 Å². The van der Waals surface area contributed by atoms with Crippen molar-refractivity contribution in [3.8, 4) is 11.3 Å². The van der Waals surface area contributed by atoms with Gasteiger partial charge in [0, 0.05) is 36.0 Å². The van der Waals surface area contributed by atoms with Crippen LogP contribution in [0.3, 0.4) is 0 Å². The summed E-state index contributed by atoms with van der Waals surface area (Å²) < 4.78 is 0. The molecule has 0 saturated carbocycles. The average molecular weight is 270 g/mol. The summed E-state index contributed by atoms with van der Waals surface area (Å²) in [7, 11) is 0. The molecule has 0 aliphatic heterocycles. The van der Waals surface area contributed by atoms with Crippen molar-refractivity contribution in [1.29, 1.82) is 0 Å². The summed E-state index contributed by atoms with van der Waals surface area (Å²) in [4.78, 5) is 13.6. The standard InChI is InChI=1S/C16H22N4/c1-5-8-17-15-9-14(19-16(20-15)11(2)3)13-7-6-12(4)18-10-13/h6-7,9-11H,5,8H2,1-4H3,(H,17,19,20). The molecule has 0 radical (unpaired) electrons. The number of hydrogen-bond donors (Lipinski definition) is 1. The molecule has 2 rings (SSSR count). The maximum Gasteiger partial charge on any atom is 0.133 e. The van der Waals surface area contributed by atoms with E-state index in [1.54, 1.807) is 0 Å². The van der Waals surface area contributed by atoms with Gasteiger partial charge in [-0.1, -0.05) is 20.8 Å². The molecule has 2 aromatic rings. The van der Waals surface area contributed by atoms with Gasteiger partial charge >= 0.3 is 0 Å². The van der Waals surface area contributed by atoms with Gasteiger partial charge in [-0.25, -0.2) is 9.97 Å². The van der Waals surface area contributed by atoms with E-state index in [9.17, 15) is 0 Å². The number of rotatable bonds is 5. The Kier molecular flexibility index (Phi) is 4.66. The first kappa shape index (κ1) is 14.4. The molecule has 0 bridgehead atoms. The third kappa shape index (κ3) is 3.53. The largest absolute Gasteiger partial charge is 0.370 e. The Morgan fingerprint density at radius 1 is 1.20 bits per heavy atom. The van der Waals surface area contributed by atoms with Gasteiger partial charge in [0.2, 0.25) is 0 Å². The van der Waals surface area contributed by atoms with Crippen LogP contribution < -0.4 is 5.32 Å². The Balaban J connectivity index is 2.40. The number of aromatic nitrogens is 3. The van der Waals surface area contributed by atoms with Crippen LogP contribution in [0.15, 0.2) is 24.4 Å². The van der Waals surface area contributed by atoms with E-state index in [1.807, 2.05) is 25.3 Å². The monoisotopic (exact) mass is 270 g/mol. The summed E-state index contributed by atoms with van der Waals surface area (Å²) in [6, 6.07) is 6.05. The van der Waals surface area contributed by atoms with E-state index < -0.39 is 0 Å². The zero-order chi connectivity index (χ0) is 14.5. The van der Waals surface area contributed by atoms with Crippen molar-refractivity contribution in [2.24, 2.45) is 0 Å². The highest BCUT2D eigenvalue weighted by Gasteiger charge is 2.09. The molecule has 1 N–H and O–H groups in total. The molecule has 0 saturated heterocycles. The SMILES string of the molecule is CCCNc1cc(-c2ccc(C)nc2)nc(C(C)C)n1. The molecular weight excluding hydrogens is 248 g/mol. The van der Waals surface area contributed by atoms with E-state index in [1.165, 1.54) is 0 Å². The van der Waals surface area contributed by atoms with Crippen molar-refractivity contribution >= 4 is 5.82 Å². The third-order valence-electron chi connectivity index (χ3n) is 3.02. The Bertz CT molecular complexity index is 561. The van der Waals surface area contributed by atoms with E-state index >= 15 is 0 Å². The quantitative estimate of drug-likeness (QED) is 0.898. The molecule has 0 unspecified atom stereocenters. The average Bonchev–Trinajstić information content (AvgIpc) is 2.45. The molecule has 0 spiro atoms. The fraction of sp³-hybridized carbons (Fsp3) is 0.438. The van der Waals surface area contributed by atoms with Gasteiger partial charge in [-0.05, 0) is 25.5 Å². The Morgan fingerprint density at radius 2 is 2.00 bits per heavy atom. The van der Waals surface area contributed by atoms with Gasteiger partial charge in [-0.15, -0.1) is 0 Å². The second-order valence-corrected chi connectivity index (χ2v) is 5.27. The smallest absolute Gasteiger partial charge is 0.133 e. The summed E-state index contributed by atoms with van der Waals surface area (Å²) in [5.74, 6) is 2.05. The third-order valence-corrected chi connectivity index (χ3v) is 3.02. The van der Waals surface area contributed by atoms with Crippen molar-refractivity contribution in [2.75, 3.05) is 11.9 Å². The van der Waals surface area contributed by atoms with Gasteiger partial charge in [0.25, 0.3) is 0 Å². The minimum Gasteiger partial charge on any atom is -0.370 e. The first-order chi connectivity index (χ1) is 9.60. The zero-order valence-electron chi connectivity index (χ0n) is 12.6. The summed E-state index contributed by atoms with van der Waals surface area (Å²) in [5, 5.41) is 3.34. The summed E-state index contributed by atoms with van der Waals surface area (Å²) in [6.07, 6.45) is 2.94. The van der Waals surface area contributed by atoms with Gasteiger partial charge in [-0.2, -0.15) is 0 Å². The Hall–Kier alpha value is -1.97. The molecule has 4 nitrogen and oxygen atoms in total. The van der Waals surface area contributed by atoms with Crippen LogP contribution in [0.2, 0.25) is 0 Å². The van der Waals surface area contributed by atoms with E-state index in [4.69, 9.17) is 0 Å². The lowest BCUT2D eigenvalue weighted by atomic mass is 10.1. The highest BCUT2D eigenvalue weighted by atomic mass is 15.0. The number of hydrogen-bond acceptors (Lipinski definition) is 4. The predicted molar refractivity (Wildman–Crippen MR) is 82.9 cm³/mol. The zero-order valence-corrected chi connectivity index (χ0v) is 12.6. The molecule has 0 amide bonds. The molecule has 2 aromatic heterocycles. The summed E-state index contributed by atoms with van der Waals surface area (Å²) in [5.41, 5.74) is 2.96. The predicted octanol–water partition coefficient (Wildman–Crippen LogP) is 3.79. The van der Waals surface area contributed by atoms with Crippen LogP contribution in [0.1, 0.15) is 44.6 Å². The van der Waals surface area contributed by atoms with Crippen LogP contribution in [0.25, 0.3) is 11.3 Å². The Morgan fingerprint density at radius 3 is 2.60 bits per heavy atom. The highest BCUT2D eigenvalue weighted by molar-refractivity contribution is 5.61. The van der Waals surface area contributed by atoms with Crippen molar-refractivity contribution in [1.82, 2.24) is 15.0 Å². The van der Waals surface area contributed by atoms with Crippen LogP contribution in [-0.4, -0.2) is 21.5 Å². The number of nitrogens with zero attached hydrogens (tertiary/aromatic N) is 3. The second-order valence-electron chi connectivity index (χ2n) is 5.27. The number of pyridine rings is 1. The van der Waals surface area contributed by atoms with Gasteiger partial charge < -0.3 is 5.32 Å². The molecular formula is C16H22N4. The van der Waals surface area contributed by atoms with Crippen LogP contribution in [0, 0.1) is 6.92 Å². The maximum atomic E-state index is 4.65. The molecule has 106 valence electrons. The number of anilines is 1. The first-order valence-corrected chi connectivity index (χ1v) is 7.16.